The topological polar surface area (TPSA) is 58.9 Å². The van der Waals surface area contributed by atoms with Gasteiger partial charge >= 0.3 is 11.9 Å². The second-order valence-electron chi connectivity index (χ2n) is 1.83. The predicted molar refractivity (Wildman–Crippen MR) is 26.9 cm³/mol. The number of alkyl halides is 3. The summed E-state index contributed by atoms with van der Waals surface area (Å²) < 4.78 is 38.5. The van der Waals surface area contributed by atoms with Crippen molar-refractivity contribution >= 4 is 0 Å². The van der Waals surface area contributed by atoms with Gasteiger partial charge in [-0.25, -0.2) is 4.79 Å². The standard InChI is InChI=1S/C4H3F3N2O2/c5-4(6,7)1-2-8-3(10)11-9-2/h1H2,(H,8,9,10). The summed E-state index contributed by atoms with van der Waals surface area (Å²) in [7, 11) is 0. The zero-order valence-corrected chi connectivity index (χ0v) is 5.10. The van der Waals surface area contributed by atoms with Gasteiger partial charge in [0.15, 0.2) is 5.82 Å². The van der Waals surface area contributed by atoms with Gasteiger partial charge in [0.05, 0.1) is 0 Å². The van der Waals surface area contributed by atoms with Crippen molar-refractivity contribution in [1.29, 1.82) is 0 Å². The number of H-pyrrole nitrogens is 1. The minimum Gasteiger partial charge on any atom is -0.296 e. The molecule has 0 radical (unpaired) electrons. The van der Waals surface area contributed by atoms with E-state index < -0.39 is 24.2 Å². The Labute approximate surface area is 58.0 Å². The summed E-state index contributed by atoms with van der Waals surface area (Å²) in [6.45, 7) is 0. The fraction of sp³-hybridized carbons (Fsp3) is 0.500. The predicted octanol–water partition coefficient (Wildman–Crippen LogP) is 0.468. The van der Waals surface area contributed by atoms with Gasteiger partial charge in [0.2, 0.25) is 0 Å². The van der Waals surface area contributed by atoms with Gasteiger partial charge in [-0.1, -0.05) is 5.16 Å². The van der Waals surface area contributed by atoms with Crippen molar-refractivity contribution in [3.63, 3.8) is 0 Å². The van der Waals surface area contributed by atoms with E-state index in [1.54, 1.807) is 4.98 Å². The molecule has 0 amide bonds. The molecule has 0 atom stereocenters. The van der Waals surface area contributed by atoms with E-state index in [0.717, 1.165) is 0 Å². The molecule has 1 N–H and O–H groups in total. The van der Waals surface area contributed by atoms with Crippen LogP contribution >= 0.6 is 0 Å². The molecule has 4 nitrogen and oxygen atoms in total. The number of hydrogen-bond acceptors (Lipinski definition) is 3. The van der Waals surface area contributed by atoms with Crippen LogP contribution in [-0.2, 0) is 6.42 Å². The molecule has 11 heavy (non-hydrogen) atoms. The Kier molecular flexibility index (Phi) is 1.71. The molecule has 1 aromatic heterocycles. The van der Waals surface area contributed by atoms with Gasteiger partial charge in [-0.15, -0.1) is 0 Å². The molecule has 0 bridgehead atoms. The number of hydrogen-bond donors (Lipinski definition) is 1. The maximum Gasteiger partial charge on any atom is 0.438 e. The fourth-order valence-corrected chi connectivity index (χ4v) is 0.526. The molecule has 0 aliphatic heterocycles. The third kappa shape index (κ3) is 2.44. The molecule has 0 aromatic carbocycles. The van der Waals surface area contributed by atoms with Crippen molar-refractivity contribution in [2.24, 2.45) is 0 Å². The molecule has 0 aliphatic rings. The quantitative estimate of drug-likeness (QED) is 0.662. The number of nitrogens with zero attached hydrogens (tertiary/aromatic N) is 1. The summed E-state index contributed by atoms with van der Waals surface area (Å²) >= 11 is 0. The highest BCUT2D eigenvalue weighted by Gasteiger charge is 2.29. The van der Waals surface area contributed by atoms with Gasteiger partial charge in [-0.3, -0.25) is 9.51 Å². The van der Waals surface area contributed by atoms with Crippen LogP contribution in [0.4, 0.5) is 13.2 Å². The lowest BCUT2D eigenvalue weighted by Gasteiger charge is -1.99. The second kappa shape index (κ2) is 2.40. The van der Waals surface area contributed by atoms with Crippen LogP contribution in [0.1, 0.15) is 5.82 Å². The number of halogens is 3. The summed E-state index contributed by atoms with van der Waals surface area (Å²) in [4.78, 5) is 11.9. The number of aromatic nitrogens is 2. The van der Waals surface area contributed by atoms with E-state index in [9.17, 15) is 18.0 Å². The molecule has 0 aliphatic carbocycles. The molecule has 1 aromatic rings. The first-order chi connectivity index (χ1) is 4.97. The van der Waals surface area contributed by atoms with Crippen molar-refractivity contribution in [3.8, 4) is 0 Å². The number of rotatable bonds is 1. The molecule has 0 fully saturated rings. The van der Waals surface area contributed by atoms with E-state index in [2.05, 4.69) is 9.68 Å². The minimum atomic E-state index is -4.38. The normalized spacial score (nSPS) is 11.9. The van der Waals surface area contributed by atoms with E-state index >= 15 is 0 Å². The molecular weight excluding hydrogens is 165 g/mol. The highest BCUT2D eigenvalue weighted by atomic mass is 19.4. The Balaban J connectivity index is 2.73. The zero-order valence-electron chi connectivity index (χ0n) is 5.10. The molecule has 0 saturated carbocycles. The molecule has 0 unspecified atom stereocenters. The van der Waals surface area contributed by atoms with Crippen molar-refractivity contribution in [2.75, 3.05) is 0 Å². The maximum absolute atomic E-state index is 11.5. The van der Waals surface area contributed by atoms with Gasteiger partial charge in [-0.2, -0.15) is 13.2 Å². The van der Waals surface area contributed by atoms with Crippen molar-refractivity contribution in [3.05, 3.63) is 16.4 Å². The van der Waals surface area contributed by atoms with E-state index in [4.69, 9.17) is 0 Å². The zero-order chi connectivity index (χ0) is 8.48. The maximum atomic E-state index is 11.5. The van der Waals surface area contributed by atoms with E-state index in [1.165, 1.54) is 0 Å². The second-order valence-corrected chi connectivity index (χ2v) is 1.83. The third-order valence-corrected chi connectivity index (χ3v) is 0.853. The van der Waals surface area contributed by atoms with Gasteiger partial charge < -0.3 is 0 Å². The van der Waals surface area contributed by atoms with Crippen LogP contribution in [0.3, 0.4) is 0 Å². The van der Waals surface area contributed by atoms with Crippen LogP contribution in [0.15, 0.2) is 9.32 Å². The molecule has 0 spiro atoms. The van der Waals surface area contributed by atoms with Crippen molar-refractivity contribution < 1.29 is 17.7 Å². The molecule has 1 heterocycles. The Morgan fingerprint density at radius 2 is 2.18 bits per heavy atom. The molecule has 62 valence electrons. The Morgan fingerprint density at radius 1 is 1.55 bits per heavy atom. The first kappa shape index (κ1) is 7.83. The van der Waals surface area contributed by atoms with Crippen LogP contribution in [0.2, 0.25) is 0 Å². The smallest absolute Gasteiger partial charge is 0.296 e. The minimum absolute atomic E-state index is 0.512. The van der Waals surface area contributed by atoms with Gasteiger partial charge in [0.25, 0.3) is 0 Å². The average molecular weight is 168 g/mol. The van der Waals surface area contributed by atoms with Crippen molar-refractivity contribution in [1.82, 2.24) is 10.1 Å². The number of nitrogens with one attached hydrogen (secondary N) is 1. The van der Waals surface area contributed by atoms with Gasteiger partial charge in [-0.05, 0) is 0 Å². The summed E-state index contributed by atoms with van der Waals surface area (Å²) in [5.41, 5.74) is 0. The van der Waals surface area contributed by atoms with Crippen LogP contribution in [-0.4, -0.2) is 16.3 Å². The monoisotopic (exact) mass is 168 g/mol. The summed E-state index contributed by atoms with van der Waals surface area (Å²) in [5, 5.41) is 2.84. The average Bonchev–Trinajstić information content (AvgIpc) is 2.10. The van der Waals surface area contributed by atoms with Crippen LogP contribution in [0.5, 0.6) is 0 Å². The lowest BCUT2D eigenvalue weighted by Crippen LogP contribution is -2.13. The lowest BCUT2D eigenvalue weighted by atomic mass is 10.4. The summed E-state index contributed by atoms with van der Waals surface area (Å²) in [6, 6.07) is 0. The van der Waals surface area contributed by atoms with Crippen LogP contribution < -0.4 is 5.76 Å². The molecule has 7 heteroatoms. The van der Waals surface area contributed by atoms with Gasteiger partial charge in [0.1, 0.15) is 6.42 Å². The SMILES string of the molecule is O=c1[nH]c(CC(F)(F)F)no1. The largest absolute Gasteiger partial charge is 0.438 e. The fourth-order valence-electron chi connectivity index (χ4n) is 0.526. The van der Waals surface area contributed by atoms with E-state index in [0.29, 0.717) is 0 Å². The molecular formula is C4H3F3N2O2. The lowest BCUT2D eigenvalue weighted by molar-refractivity contribution is -0.128. The van der Waals surface area contributed by atoms with Crippen LogP contribution in [0.25, 0.3) is 0 Å². The Bertz CT molecular complexity index is 286. The van der Waals surface area contributed by atoms with E-state index in [-0.39, 0.29) is 0 Å². The first-order valence-corrected chi connectivity index (χ1v) is 2.59. The first-order valence-electron chi connectivity index (χ1n) is 2.59. The number of aromatic amines is 1. The highest BCUT2D eigenvalue weighted by molar-refractivity contribution is 4.81. The molecule has 1 rings (SSSR count). The van der Waals surface area contributed by atoms with Crippen LogP contribution in [0, 0.1) is 0 Å². The highest BCUT2D eigenvalue weighted by Crippen LogP contribution is 2.18. The molecule has 0 saturated heterocycles. The van der Waals surface area contributed by atoms with E-state index in [1.807, 2.05) is 0 Å². The Hall–Kier alpha value is -1.27. The van der Waals surface area contributed by atoms with Crippen molar-refractivity contribution in [2.45, 2.75) is 12.6 Å². The summed E-state index contributed by atoms with van der Waals surface area (Å²) in [5.74, 6) is -1.49. The van der Waals surface area contributed by atoms with Gasteiger partial charge in [0, 0.05) is 0 Å². The summed E-state index contributed by atoms with van der Waals surface area (Å²) in [6.07, 6.45) is -5.65. The Morgan fingerprint density at radius 3 is 2.55 bits per heavy atom. The third-order valence-electron chi connectivity index (χ3n) is 0.853.